The van der Waals surface area contributed by atoms with Crippen LogP contribution in [0.15, 0.2) is 0 Å². The third-order valence-electron chi connectivity index (χ3n) is 4.10. The largest absolute Gasteiger partial charge is 0.480 e. The van der Waals surface area contributed by atoms with Gasteiger partial charge in [-0.1, -0.05) is 0 Å². The molecule has 0 saturated carbocycles. The Morgan fingerprint density at radius 1 is 1.22 bits per heavy atom. The summed E-state index contributed by atoms with van der Waals surface area (Å²) in [7, 11) is 0. The van der Waals surface area contributed by atoms with Gasteiger partial charge < -0.3 is 37.2 Å². The summed E-state index contributed by atoms with van der Waals surface area (Å²) in [6, 6.07) is -3.24. The van der Waals surface area contributed by atoms with Crippen molar-refractivity contribution in [1.82, 2.24) is 15.5 Å². The van der Waals surface area contributed by atoms with E-state index in [2.05, 4.69) is 5.32 Å². The summed E-state index contributed by atoms with van der Waals surface area (Å²) in [6.45, 7) is -0.975. The Morgan fingerprint density at radius 3 is 2.44 bits per heavy atom. The highest BCUT2D eigenvalue weighted by Gasteiger charge is 2.36. The zero-order valence-electron chi connectivity index (χ0n) is 14.7. The lowest BCUT2D eigenvalue weighted by molar-refractivity contribution is -0.143. The first kappa shape index (κ1) is 22.3. The standard InChI is InChI=1S/C15H25N5O7/c16-8(3-4-11(17)22)14(25)20-5-1-2-10(20)13(24)18-6-12(23)19-9(7-21)15(26)27/h8-10,21H,1-7,16H2,(H2,17,22)(H,18,24)(H,19,23)(H,26,27). The zero-order chi connectivity index (χ0) is 20.6. The second-order valence-electron chi connectivity index (χ2n) is 6.16. The number of aliphatic hydroxyl groups is 1. The highest BCUT2D eigenvalue weighted by Crippen LogP contribution is 2.19. The van der Waals surface area contributed by atoms with Crippen LogP contribution in [-0.2, 0) is 24.0 Å². The van der Waals surface area contributed by atoms with Crippen LogP contribution >= 0.6 is 0 Å². The maximum Gasteiger partial charge on any atom is 0.328 e. The molecule has 0 aliphatic carbocycles. The first-order chi connectivity index (χ1) is 12.7. The van der Waals surface area contributed by atoms with Crippen molar-refractivity contribution < 1.29 is 34.2 Å². The normalized spacial score (nSPS) is 18.4. The first-order valence-electron chi connectivity index (χ1n) is 8.42. The second-order valence-corrected chi connectivity index (χ2v) is 6.16. The van der Waals surface area contributed by atoms with Crippen molar-refractivity contribution in [3.8, 4) is 0 Å². The molecule has 0 radical (unpaired) electrons. The predicted molar refractivity (Wildman–Crippen MR) is 90.8 cm³/mol. The van der Waals surface area contributed by atoms with Crippen LogP contribution in [0.1, 0.15) is 25.7 Å². The van der Waals surface area contributed by atoms with Crippen LogP contribution in [0.5, 0.6) is 0 Å². The van der Waals surface area contributed by atoms with Gasteiger partial charge in [0, 0.05) is 13.0 Å². The maximum absolute atomic E-state index is 12.4. The van der Waals surface area contributed by atoms with E-state index in [-0.39, 0.29) is 12.8 Å². The lowest BCUT2D eigenvalue weighted by Gasteiger charge is -2.26. The zero-order valence-corrected chi connectivity index (χ0v) is 14.7. The molecule has 3 unspecified atom stereocenters. The minimum absolute atomic E-state index is 0.0482. The number of nitrogens with two attached hydrogens (primary N) is 2. The van der Waals surface area contributed by atoms with Crippen molar-refractivity contribution in [3.05, 3.63) is 0 Å². The van der Waals surface area contributed by atoms with Crippen LogP contribution < -0.4 is 22.1 Å². The Hall–Kier alpha value is -2.73. The van der Waals surface area contributed by atoms with Crippen LogP contribution in [0.25, 0.3) is 0 Å². The van der Waals surface area contributed by atoms with Crippen LogP contribution in [0.3, 0.4) is 0 Å². The summed E-state index contributed by atoms with van der Waals surface area (Å²) in [5.41, 5.74) is 10.8. The van der Waals surface area contributed by atoms with Crippen molar-refractivity contribution in [2.24, 2.45) is 11.5 Å². The molecule has 8 N–H and O–H groups in total. The van der Waals surface area contributed by atoms with Gasteiger partial charge in [0.1, 0.15) is 12.1 Å². The van der Waals surface area contributed by atoms with E-state index in [0.29, 0.717) is 19.4 Å². The quantitative estimate of drug-likeness (QED) is 0.219. The number of aliphatic carboxylic acids is 1. The molecule has 1 fully saturated rings. The smallest absolute Gasteiger partial charge is 0.328 e. The van der Waals surface area contributed by atoms with E-state index in [1.165, 1.54) is 4.90 Å². The van der Waals surface area contributed by atoms with Crippen LogP contribution in [0.4, 0.5) is 0 Å². The topological polar surface area (TPSA) is 205 Å². The maximum atomic E-state index is 12.4. The van der Waals surface area contributed by atoms with Gasteiger partial charge in [-0.05, 0) is 19.3 Å². The fourth-order valence-electron chi connectivity index (χ4n) is 2.65. The Morgan fingerprint density at radius 2 is 1.89 bits per heavy atom. The molecule has 1 heterocycles. The molecule has 3 atom stereocenters. The fourth-order valence-corrected chi connectivity index (χ4v) is 2.65. The Labute approximate surface area is 155 Å². The molecule has 12 nitrogen and oxygen atoms in total. The van der Waals surface area contributed by atoms with Gasteiger partial charge in [-0.25, -0.2) is 4.79 Å². The number of carbonyl (C=O) groups excluding carboxylic acids is 4. The summed E-state index contributed by atoms with van der Waals surface area (Å²) in [6.07, 6.45) is 0.979. The van der Waals surface area contributed by atoms with Crippen LogP contribution in [0, 0.1) is 0 Å². The second kappa shape index (κ2) is 10.4. The number of carboxylic acids is 1. The van der Waals surface area contributed by atoms with Crippen LogP contribution in [0.2, 0.25) is 0 Å². The summed E-state index contributed by atoms with van der Waals surface area (Å²) in [5.74, 6) is -3.84. The van der Waals surface area contributed by atoms with Crippen LogP contribution in [-0.4, -0.2) is 82.5 Å². The lowest BCUT2D eigenvalue weighted by atomic mass is 10.1. The van der Waals surface area contributed by atoms with E-state index in [0.717, 1.165) is 0 Å². The molecular formula is C15H25N5O7. The molecular weight excluding hydrogens is 362 g/mol. The van der Waals surface area contributed by atoms with Gasteiger partial charge in [0.25, 0.3) is 0 Å². The minimum atomic E-state index is -1.47. The number of likely N-dealkylation sites (tertiary alicyclic amines) is 1. The molecule has 0 aromatic heterocycles. The Balaban J connectivity index is 2.55. The highest BCUT2D eigenvalue weighted by molar-refractivity contribution is 5.93. The predicted octanol–water partition coefficient (Wildman–Crippen LogP) is -3.75. The molecule has 4 amide bonds. The third kappa shape index (κ3) is 6.83. The molecule has 0 spiro atoms. The number of amides is 4. The number of hydrogen-bond acceptors (Lipinski definition) is 7. The molecule has 0 aromatic carbocycles. The van der Waals surface area contributed by atoms with E-state index in [1.54, 1.807) is 0 Å². The number of carboxylic acid groups (broad SMARTS) is 1. The van der Waals surface area contributed by atoms with Crippen molar-refractivity contribution in [3.63, 3.8) is 0 Å². The van der Waals surface area contributed by atoms with E-state index in [4.69, 9.17) is 21.7 Å². The Bertz CT molecular complexity index is 597. The molecule has 152 valence electrons. The number of carbonyl (C=O) groups is 5. The monoisotopic (exact) mass is 387 g/mol. The van der Waals surface area contributed by atoms with Crippen molar-refractivity contribution in [2.75, 3.05) is 19.7 Å². The first-order valence-corrected chi connectivity index (χ1v) is 8.42. The number of aliphatic hydroxyl groups excluding tert-OH is 1. The average molecular weight is 387 g/mol. The molecule has 1 aliphatic heterocycles. The summed E-state index contributed by atoms with van der Waals surface area (Å²) < 4.78 is 0. The molecule has 27 heavy (non-hydrogen) atoms. The fraction of sp³-hybridized carbons (Fsp3) is 0.667. The molecule has 1 aliphatic rings. The molecule has 12 heteroatoms. The van der Waals surface area contributed by atoms with Crippen molar-refractivity contribution >= 4 is 29.6 Å². The summed E-state index contributed by atoms with van der Waals surface area (Å²) in [4.78, 5) is 59.1. The number of nitrogens with zero attached hydrogens (tertiary/aromatic N) is 1. The van der Waals surface area contributed by atoms with Gasteiger partial charge in [0.05, 0.1) is 19.2 Å². The van der Waals surface area contributed by atoms with Crippen molar-refractivity contribution in [2.45, 2.75) is 43.8 Å². The van der Waals surface area contributed by atoms with E-state index in [1.807, 2.05) is 5.32 Å². The lowest BCUT2D eigenvalue weighted by Crippen LogP contribution is -2.53. The van der Waals surface area contributed by atoms with Gasteiger partial charge in [-0.2, -0.15) is 0 Å². The SMILES string of the molecule is NC(=O)CCC(N)C(=O)N1CCCC1C(=O)NCC(=O)NC(CO)C(=O)O. The molecule has 1 rings (SSSR count). The summed E-state index contributed by atoms with van der Waals surface area (Å²) in [5, 5.41) is 22.0. The number of rotatable bonds is 10. The third-order valence-corrected chi connectivity index (χ3v) is 4.10. The Kier molecular flexibility index (Phi) is 8.62. The van der Waals surface area contributed by atoms with Gasteiger partial charge >= 0.3 is 5.97 Å². The number of hydrogen-bond donors (Lipinski definition) is 6. The minimum Gasteiger partial charge on any atom is -0.480 e. The molecule has 1 saturated heterocycles. The van der Waals surface area contributed by atoms with E-state index >= 15 is 0 Å². The van der Waals surface area contributed by atoms with Gasteiger partial charge in [0.2, 0.25) is 23.6 Å². The molecule has 0 bridgehead atoms. The van der Waals surface area contributed by atoms with Gasteiger partial charge in [-0.3, -0.25) is 19.2 Å². The number of nitrogens with one attached hydrogen (secondary N) is 2. The average Bonchev–Trinajstić information content (AvgIpc) is 3.10. The molecule has 0 aromatic rings. The van der Waals surface area contributed by atoms with E-state index < -0.39 is 60.9 Å². The van der Waals surface area contributed by atoms with Gasteiger partial charge in [-0.15, -0.1) is 0 Å². The summed E-state index contributed by atoms with van der Waals surface area (Å²) >= 11 is 0. The van der Waals surface area contributed by atoms with E-state index in [9.17, 15) is 24.0 Å². The van der Waals surface area contributed by atoms with Gasteiger partial charge in [0.15, 0.2) is 0 Å². The number of primary amides is 1. The van der Waals surface area contributed by atoms with Crippen molar-refractivity contribution in [1.29, 1.82) is 0 Å². The highest BCUT2D eigenvalue weighted by atomic mass is 16.4.